The molecule has 1 aliphatic carbocycles. The van der Waals surface area contributed by atoms with Crippen molar-refractivity contribution in [1.29, 1.82) is 0 Å². The van der Waals surface area contributed by atoms with Gasteiger partial charge in [0.25, 0.3) is 0 Å². The monoisotopic (exact) mass is 293 g/mol. The minimum atomic E-state index is -0.569. The maximum atomic E-state index is 12.9. The molecule has 0 spiro atoms. The summed E-state index contributed by atoms with van der Waals surface area (Å²) in [6.45, 7) is 0.566. The van der Waals surface area contributed by atoms with Gasteiger partial charge in [-0.2, -0.15) is 0 Å². The summed E-state index contributed by atoms with van der Waals surface area (Å²) in [5.41, 5.74) is 12.2. The molecule has 1 aromatic rings. The molecule has 112 valence electrons. The van der Waals surface area contributed by atoms with Crippen molar-refractivity contribution in [3.63, 3.8) is 0 Å². The zero-order valence-corrected chi connectivity index (χ0v) is 11.4. The molecular weight excluding hydrogens is 276 g/mol. The predicted molar refractivity (Wildman–Crippen MR) is 76.0 cm³/mol. The van der Waals surface area contributed by atoms with E-state index in [2.05, 4.69) is 16.2 Å². The molecule has 3 rings (SSSR count). The SMILES string of the molecule is NC1=N[C@H](c2cc(F)cc(F)c2)CC1.ONCC1=C=CC1. The van der Waals surface area contributed by atoms with Crippen molar-refractivity contribution in [2.45, 2.75) is 25.3 Å². The van der Waals surface area contributed by atoms with E-state index in [-0.39, 0.29) is 6.04 Å². The third-order valence-electron chi connectivity index (χ3n) is 3.21. The van der Waals surface area contributed by atoms with Crippen LogP contribution < -0.4 is 11.2 Å². The van der Waals surface area contributed by atoms with Crippen LogP contribution in [0.5, 0.6) is 0 Å². The fourth-order valence-electron chi connectivity index (χ4n) is 2.09. The molecule has 0 saturated heterocycles. The Morgan fingerprint density at radius 3 is 2.38 bits per heavy atom. The van der Waals surface area contributed by atoms with Crippen molar-refractivity contribution < 1.29 is 14.0 Å². The van der Waals surface area contributed by atoms with Gasteiger partial charge in [0, 0.05) is 25.5 Å². The van der Waals surface area contributed by atoms with Gasteiger partial charge in [0.15, 0.2) is 0 Å². The lowest BCUT2D eigenvalue weighted by Crippen LogP contribution is -2.12. The Kier molecular flexibility index (Phi) is 5.22. The summed E-state index contributed by atoms with van der Waals surface area (Å²) in [5, 5.41) is 8.08. The summed E-state index contributed by atoms with van der Waals surface area (Å²) in [7, 11) is 0. The van der Waals surface area contributed by atoms with Gasteiger partial charge in [-0.1, -0.05) is 0 Å². The molecule has 6 heteroatoms. The van der Waals surface area contributed by atoms with Gasteiger partial charge in [0.2, 0.25) is 0 Å². The minimum absolute atomic E-state index is 0.180. The third-order valence-corrected chi connectivity index (χ3v) is 3.21. The average Bonchev–Trinajstić information content (AvgIpc) is 2.80. The molecule has 21 heavy (non-hydrogen) atoms. The average molecular weight is 293 g/mol. The molecule has 4 N–H and O–H groups in total. The topological polar surface area (TPSA) is 70.6 Å². The van der Waals surface area contributed by atoms with E-state index in [1.807, 2.05) is 6.08 Å². The molecule has 0 amide bonds. The van der Waals surface area contributed by atoms with Gasteiger partial charge in [-0.05, 0) is 35.8 Å². The zero-order valence-electron chi connectivity index (χ0n) is 11.4. The number of amidine groups is 1. The number of aliphatic imine (C=N–C) groups is 1. The number of halogens is 2. The van der Waals surface area contributed by atoms with Crippen molar-refractivity contribution in [3.05, 3.63) is 52.8 Å². The second-order valence-electron chi connectivity index (χ2n) is 4.87. The highest BCUT2D eigenvalue weighted by Gasteiger charge is 2.18. The Morgan fingerprint density at radius 1 is 1.33 bits per heavy atom. The zero-order chi connectivity index (χ0) is 15.2. The number of benzene rings is 1. The number of nitrogens with two attached hydrogens (primary N) is 1. The first-order valence-corrected chi connectivity index (χ1v) is 6.66. The summed E-state index contributed by atoms with van der Waals surface area (Å²) in [6.07, 6.45) is 4.34. The standard InChI is InChI=1S/C10H10F2N2.C5H7NO/c11-7-3-6(4-8(12)5-7)9-1-2-10(13)14-9;7-6-4-5-2-1-3-5/h3-5,9H,1-2H2,(H2,13,14);1,6-7H,2,4H2/t9-;/m0./s1. The number of nitrogens with one attached hydrogen (secondary N) is 1. The highest BCUT2D eigenvalue weighted by atomic mass is 19.1. The lowest BCUT2D eigenvalue weighted by Gasteiger charge is -2.06. The molecule has 0 unspecified atom stereocenters. The molecule has 2 aliphatic rings. The second-order valence-corrected chi connectivity index (χ2v) is 4.87. The molecule has 0 saturated carbocycles. The van der Waals surface area contributed by atoms with E-state index in [1.54, 1.807) is 0 Å². The molecule has 0 aromatic heterocycles. The largest absolute Gasteiger partial charge is 0.387 e. The van der Waals surface area contributed by atoms with Crippen molar-refractivity contribution in [2.24, 2.45) is 10.7 Å². The molecular formula is C15H17F2N3O. The van der Waals surface area contributed by atoms with Gasteiger partial charge in [-0.25, -0.2) is 14.3 Å². The van der Waals surface area contributed by atoms with Crippen LogP contribution >= 0.6 is 0 Å². The Morgan fingerprint density at radius 2 is 2.00 bits per heavy atom. The fraction of sp³-hybridized carbons (Fsp3) is 0.333. The van der Waals surface area contributed by atoms with Gasteiger partial charge < -0.3 is 10.9 Å². The second kappa shape index (κ2) is 7.13. The van der Waals surface area contributed by atoms with Crippen LogP contribution in [0, 0.1) is 11.6 Å². The summed E-state index contributed by atoms with van der Waals surface area (Å²) >= 11 is 0. The van der Waals surface area contributed by atoms with Crippen molar-refractivity contribution in [1.82, 2.24) is 5.48 Å². The smallest absolute Gasteiger partial charge is 0.126 e. The van der Waals surface area contributed by atoms with E-state index in [1.165, 1.54) is 12.1 Å². The Balaban J connectivity index is 0.000000194. The Bertz CT molecular complexity index is 587. The van der Waals surface area contributed by atoms with Gasteiger partial charge in [-0.3, -0.25) is 4.99 Å². The van der Waals surface area contributed by atoms with Crippen molar-refractivity contribution >= 4 is 5.84 Å². The normalized spacial score (nSPS) is 19.3. The first kappa shape index (κ1) is 15.4. The fourth-order valence-corrected chi connectivity index (χ4v) is 2.09. The quantitative estimate of drug-likeness (QED) is 0.592. The first-order chi connectivity index (χ1) is 10.1. The Labute approximate surface area is 121 Å². The summed E-state index contributed by atoms with van der Waals surface area (Å²) < 4.78 is 25.7. The molecule has 1 aliphatic heterocycles. The van der Waals surface area contributed by atoms with Crippen LogP contribution in [0.2, 0.25) is 0 Å². The van der Waals surface area contributed by atoms with Crippen LogP contribution in [-0.2, 0) is 0 Å². The van der Waals surface area contributed by atoms with E-state index >= 15 is 0 Å². The maximum absolute atomic E-state index is 12.9. The van der Waals surface area contributed by atoms with Gasteiger partial charge >= 0.3 is 0 Å². The van der Waals surface area contributed by atoms with Gasteiger partial charge in [0.05, 0.1) is 11.9 Å². The van der Waals surface area contributed by atoms with E-state index in [9.17, 15) is 8.78 Å². The van der Waals surface area contributed by atoms with Gasteiger partial charge in [0.1, 0.15) is 11.6 Å². The molecule has 0 radical (unpaired) electrons. The number of hydroxylamine groups is 1. The number of hydrogen-bond donors (Lipinski definition) is 3. The highest BCUT2D eigenvalue weighted by molar-refractivity contribution is 5.82. The molecule has 4 nitrogen and oxygen atoms in total. The molecule has 1 heterocycles. The lowest BCUT2D eigenvalue weighted by molar-refractivity contribution is 0.176. The molecule has 0 fully saturated rings. The third kappa shape index (κ3) is 4.49. The molecule has 0 bridgehead atoms. The Hall–Kier alpha value is -2.01. The maximum Gasteiger partial charge on any atom is 0.126 e. The van der Waals surface area contributed by atoms with Crippen molar-refractivity contribution in [2.75, 3.05) is 6.54 Å². The highest BCUT2D eigenvalue weighted by Crippen LogP contribution is 2.28. The van der Waals surface area contributed by atoms with E-state index in [0.29, 0.717) is 24.4 Å². The van der Waals surface area contributed by atoms with Crippen LogP contribution in [-0.4, -0.2) is 17.6 Å². The van der Waals surface area contributed by atoms with Crippen LogP contribution in [0.4, 0.5) is 8.78 Å². The van der Waals surface area contributed by atoms with E-state index in [4.69, 9.17) is 10.9 Å². The van der Waals surface area contributed by atoms with Crippen LogP contribution in [0.15, 0.2) is 40.6 Å². The van der Waals surface area contributed by atoms with Crippen LogP contribution in [0.1, 0.15) is 30.9 Å². The van der Waals surface area contributed by atoms with Crippen LogP contribution in [0.3, 0.4) is 0 Å². The van der Waals surface area contributed by atoms with E-state index in [0.717, 1.165) is 24.5 Å². The number of hydrogen-bond acceptors (Lipinski definition) is 4. The van der Waals surface area contributed by atoms with E-state index < -0.39 is 11.6 Å². The molecule has 1 aromatic carbocycles. The lowest BCUT2D eigenvalue weighted by atomic mass is 10.0. The van der Waals surface area contributed by atoms with Crippen molar-refractivity contribution in [3.8, 4) is 0 Å². The number of nitrogens with zero attached hydrogens (tertiary/aromatic N) is 1. The number of rotatable bonds is 3. The molecule has 1 atom stereocenters. The summed E-state index contributed by atoms with van der Waals surface area (Å²) in [4.78, 5) is 4.10. The summed E-state index contributed by atoms with van der Waals surface area (Å²) in [6, 6.07) is 3.28. The minimum Gasteiger partial charge on any atom is -0.387 e. The first-order valence-electron chi connectivity index (χ1n) is 6.66. The van der Waals surface area contributed by atoms with Gasteiger partial charge in [-0.15, -0.1) is 5.73 Å². The predicted octanol–water partition coefficient (Wildman–Crippen LogP) is 2.61. The van der Waals surface area contributed by atoms with Crippen LogP contribution in [0.25, 0.3) is 0 Å². The summed E-state index contributed by atoms with van der Waals surface area (Å²) in [5.74, 6) is -0.582.